The van der Waals surface area contributed by atoms with Gasteiger partial charge in [-0.3, -0.25) is 0 Å². The summed E-state index contributed by atoms with van der Waals surface area (Å²) in [6, 6.07) is 2.74. The zero-order chi connectivity index (χ0) is 12.1. The van der Waals surface area contributed by atoms with Gasteiger partial charge in [-0.25, -0.2) is 0 Å². The number of aryl methyl sites for hydroxylation is 1. The number of rotatable bonds is 7. The van der Waals surface area contributed by atoms with Gasteiger partial charge in [0.25, 0.3) is 0 Å². The van der Waals surface area contributed by atoms with Gasteiger partial charge in [0.1, 0.15) is 0 Å². The molecule has 1 aromatic rings. The van der Waals surface area contributed by atoms with Crippen molar-refractivity contribution in [1.29, 1.82) is 0 Å². The van der Waals surface area contributed by atoms with E-state index in [1.165, 1.54) is 31.2 Å². The summed E-state index contributed by atoms with van der Waals surface area (Å²) in [5.41, 5.74) is 1.58. The van der Waals surface area contributed by atoms with Gasteiger partial charge in [-0.1, -0.05) is 6.92 Å². The predicted molar refractivity (Wildman–Crippen MR) is 73.7 cm³/mol. The second kappa shape index (κ2) is 5.98. The van der Waals surface area contributed by atoms with E-state index >= 15 is 0 Å². The van der Waals surface area contributed by atoms with E-state index in [0.717, 1.165) is 13.0 Å². The molecule has 17 heavy (non-hydrogen) atoms. The number of hydrogen-bond acceptors (Lipinski definition) is 3. The Morgan fingerprint density at radius 2 is 2.35 bits per heavy atom. The Hall–Kier alpha value is -0.380. The van der Waals surface area contributed by atoms with Crippen LogP contribution in [0.5, 0.6) is 0 Å². The van der Waals surface area contributed by atoms with Crippen LogP contribution in [0.3, 0.4) is 0 Å². The highest BCUT2D eigenvalue weighted by atomic mass is 32.1. The summed E-state index contributed by atoms with van der Waals surface area (Å²) in [6.07, 6.45) is 6.08. The fourth-order valence-electron chi connectivity index (χ4n) is 2.76. The summed E-state index contributed by atoms with van der Waals surface area (Å²) in [5, 5.41) is 8.03. The second-order valence-electron chi connectivity index (χ2n) is 4.90. The van der Waals surface area contributed by atoms with Crippen LogP contribution in [-0.2, 0) is 11.2 Å². The maximum atomic E-state index is 5.80. The first-order valence-electron chi connectivity index (χ1n) is 6.60. The van der Waals surface area contributed by atoms with Crippen LogP contribution >= 0.6 is 11.3 Å². The Kier molecular flexibility index (Phi) is 4.60. The lowest BCUT2D eigenvalue weighted by Gasteiger charge is -2.47. The van der Waals surface area contributed by atoms with E-state index in [1.807, 2.05) is 7.11 Å². The van der Waals surface area contributed by atoms with Crippen LogP contribution in [0.25, 0.3) is 0 Å². The normalized spacial score (nSPS) is 19.9. The third-order valence-electron chi connectivity index (χ3n) is 3.99. The minimum atomic E-state index is 0.117. The Labute approximate surface area is 108 Å². The molecule has 0 saturated heterocycles. The fraction of sp³-hybridized carbons (Fsp3) is 0.714. The van der Waals surface area contributed by atoms with Crippen molar-refractivity contribution < 1.29 is 4.74 Å². The van der Waals surface area contributed by atoms with Gasteiger partial charge in [0.05, 0.1) is 5.60 Å². The highest BCUT2D eigenvalue weighted by Crippen LogP contribution is 2.39. The zero-order valence-corrected chi connectivity index (χ0v) is 11.7. The Bertz CT molecular complexity index is 313. The topological polar surface area (TPSA) is 21.3 Å². The molecular formula is C14H23NOS. The van der Waals surface area contributed by atoms with Gasteiger partial charge in [-0.05, 0) is 61.0 Å². The number of likely N-dealkylation sites (N-methyl/N-ethyl adjacent to an activating group) is 1. The third kappa shape index (κ3) is 2.90. The summed E-state index contributed by atoms with van der Waals surface area (Å²) < 4.78 is 5.80. The van der Waals surface area contributed by atoms with Crippen molar-refractivity contribution in [3.8, 4) is 0 Å². The van der Waals surface area contributed by atoms with E-state index in [0.29, 0.717) is 6.04 Å². The van der Waals surface area contributed by atoms with Gasteiger partial charge >= 0.3 is 0 Å². The second-order valence-corrected chi connectivity index (χ2v) is 5.68. The van der Waals surface area contributed by atoms with E-state index in [9.17, 15) is 0 Å². The van der Waals surface area contributed by atoms with Gasteiger partial charge < -0.3 is 10.1 Å². The molecule has 0 amide bonds. The maximum absolute atomic E-state index is 5.80. The minimum Gasteiger partial charge on any atom is -0.377 e. The number of methoxy groups -OCH3 is 1. The Morgan fingerprint density at radius 1 is 1.53 bits per heavy atom. The zero-order valence-electron chi connectivity index (χ0n) is 10.9. The summed E-state index contributed by atoms with van der Waals surface area (Å²) in [5.74, 6) is 0. The van der Waals surface area contributed by atoms with E-state index < -0.39 is 0 Å². The first kappa shape index (κ1) is 13.1. The van der Waals surface area contributed by atoms with E-state index in [2.05, 4.69) is 29.1 Å². The SMILES string of the molecule is CCNC(CCc1ccsc1)C1(OC)CCC1. The van der Waals surface area contributed by atoms with Crippen LogP contribution < -0.4 is 5.32 Å². The average Bonchev–Trinajstić information content (AvgIpc) is 2.78. The van der Waals surface area contributed by atoms with Gasteiger partial charge in [0, 0.05) is 13.2 Å². The van der Waals surface area contributed by atoms with Crippen molar-refractivity contribution in [1.82, 2.24) is 5.32 Å². The first-order valence-corrected chi connectivity index (χ1v) is 7.54. The van der Waals surface area contributed by atoms with E-state index in [4.69, 9.17) is 4.74 Å². The predicted octanol–water partition coefficient (Wildman–Crippen LogP) is 3.23. The standard InChI is InChI=1S/C14H23NOS/c1-3-15-13(14(16-2)8-4-9-14)6-5-12-7-10-17-11-12/h7,10-11,13,15H,3-6,8-9H2,1-2H3. The third-order valence-corrected chi connectivity index (χ3v) is 4.73. The highest BCUT2D eigenvalue weighted by Gasteiger charge is 2.43. The largest absolute Gasteiger partial charge is 0.377 e. The molecule has 0 spiro atoms. The molecule has 1 unspecified atom stereocenters. The highest BCUT2D eigenvalue weighted by molar-refractivity contribution is 7.07. The maximum Gasteiger partial charge on any atom is 0.0831 e. The average molecular weight is 253 g/mol. The van der Waals surface area contributed by atoms with Gasteiger partial charge in [0.2, 0.25) is 0 Å². The number of thiophene rings is 1. The molecule has 1 aliphatic carbocycles. The van der Waals surface area contributed by atoms with Crippen LogP contribution in [0, 0.1) is 0 Å². The monoisotopic (exact) mass is 253 g/mol. The molecule has 1 fully saturated rings. The van der Waals surface area contributed by atoms with Crippen molar-refractivity contribution in [3.63, 3.8) is 0 Å². The van der Waals surface area contributed by atoms with Crippen molar-refractivity contribution in [2.24, 2.45) is 0 Å². The molecule has 2 rings (SSSR count). The van der Waals surface area contributed by atoms with Crippen molar-refractivity contribution in [3.05, 3.63) is 22.4 Å². The van der Waals surface area contributed by atoms with Crippen molar-refractivity contribution in [2.45, 2.75) is 50.7 Å². The van der Waals surface area contributed by atoms with E-state index in [1.54, 1.807) is 11.3 Å². The molecule has 2 nitrogen and oxygen atoms in total. The van der Waals surface area contributed by atoms with Crippen LogP contribution in [0.15, 0.2) is 16.8 Å². The molecule has 1 heterocycles. The number of hydrogen-bond donors (Lipinski definition) is 1. The Morgan fingerprint density at radius 3 is 2.82 bits per heavy atom. The molecule has 1 saturated carbocycles. The molecule has 0 aromatic carbocycles. The molecular weight excluding hydrogens is 230 g/mol. The van der Waals surface area contributed by atoms with E-state index in [-0.39, 0.29) is 5.60 Å². The van der Waals surface area contributed by atoms with Gasteiger partial charge in [0.15, 0.2) is 0 Å². The summed E-state index contributed by atoms with van der Waals surface area (Å²) in [7, 11) is 1.87. The molecule has 0 radical (unpaired) electrons. The lowest BCUT2D eigenvalue weighted by molar-refractivity contribution is -0.0995. The summed E-state index contributed by atoms with van der Waals surface area (Å²) in [6.45, 7) is 3.21. The molecule has 1 aromatic heterocycles. The summed E-state index contributed by atoms with van der Waals surface area (Å²) >= 11 is 1.79. The molecule has 96 valence electrons. The Balaban J connectivity index is 1.92. The van der Waals surface area contributed by atoms with Crippen molar-refractivity contribution in [2.75, 3.05) is 13.7 Å². The first-order chi connectivity index (χ1) is 8.30. The van der Waals surface area contributed by atoms with Gasteiger partial charge in [-0.2, -0.15) is 11.3 Å². The van der Waals surface area contributed by atoms with Crippen LogP contribution in [0.4, 0.5) is 0 Å². The fourth-order valence-corrected chi connectivity index (χ4v) is 3.47. The minimum absolute atomic E-state index is 0.117. The smallest absolute Gasteiger partial charge is 0.0831 e. The molecule has 3 heteroatoms. The molecule has 1 N–H and O–H groups in total. The van der Waals surface area contributed by atoms with Crippen molar-refractivity contribution >= 4 is 11.3 Å². The van der Waals surface area contributed by atoms with Gasteiger partial charge in [-0.15, -0.1) is 0 Å². The lowest BCUT2D eigenvalue weighted by Crippen LogP contribution is -2.56. The number of ether oxygens (including phenoxy) is 1. The lowest BCUT2D eigenvalue weighted by atomic mass is 9.73. The van der Waals surface area contributed by atoms with Crippen LogP contribution in [0.1, 0.15) is 38.2 Å². The number of nitrogens with one attached hydrogen (secondary N) is 1. The molecule has 1 aliphatic rings. The molecule has 1 atom stereocenters. The molecule has 0 bridgehead atoms. The summed E-state index contributed by atoms with van der Waals surface area (Å²) in [4.78, 5) is 0. The van der Waals surface area contributed by atoms with Crippen LogP contribution in [-0.4, -0.2) is 25.3 Å². The van der Waals surface area contributed by atoms with Crippen LogP contribution in [0.2, 0.25) is 0 Å². The quantitative estimate of drug-likeness (QED) is 0.805. The molecule has 0 aliphatic heterocycles.